The summed E-state index contributed by atoms with van der Waals surface area (Å²) >= 11 is 7.83. The molecular formula is C16H18ClN4O2S+. The Labute approximate surface area is 149 Å². The number of carbonyl (C=O) groups excluding carboxylic acids is 2. The van der Waals surface area contributed by atoms with Gasteiger partial charge in [0, 0.05) is 30.4 Å². The van der Waals surface area contributed by atoms with Crippen LogP contribution in [0.4, 0.5) is 4.79 Å². The lowest BCUT2D eigenvalue weighted by molar-refractivity contribution is -0.548. The maximum atomic E-state index is 12.7. The van der Waals surface area contributed by atoms with Gasteiger partial charge in [-0.2, -0.15) is 0 Å². The molecule has 0 aliphatic carbocycles. The summed E-state index contributed by atoms with van der Waals surface area (Å²) in [6.07, 6.45) is 0. The molecule has 1 unspecified atom stereocenters. The lowest BCUT2D eigenvalue weighted by atomic mass is 10.1. The number of halogens is 1. The number of amidine groups is 2. The number of benzene rings is 1. The number of carbonyl (C=O) groups is 2. The standard InChI is InChI=1S/C16H18ClN4O2S/c1-4-24-15-18-13-12(14(22)20(3)16(23)19(13)2)21(15)9-10-7-5-6-8-11(10)17/h5-8,12H,4,9H2,1-3H3/q+1. The normalized spacial score (nSPS) is 20.7. The van der Waals surface area contributed by atoms with Gasteiger partial charge in [-0.15, -0.1) is 0 Å². The Morgan fingerprint density at radius 2 is 1.96 bits per heavy atom. The molecule has 0 radical (unpaired) electrons. The van der Waals surface area contributed by atoms with Crippen molar-refractivity contribution < 1.29 is 14.2 Å². The van der Waals surface area contributed by atoms with Gasteiger partial charge in [-0.05, 0) is 22.8 Å². The van der Waals surface area contributed by atoms with Crippen LogP contribution < -0.4 is 0 Å². The highest BCUT2D eigenvalue weighted by Crippen LogP contribution is 2.25. The Bertz CT molecular complexity index is 777. The molecule has 1 aromatic rings. The SMILES string of the molecule is CCSC1=[N+](Cc2ccccc2Cl)C2C(=O)N(C)C(=O)N(C)C2=N1. The van der Waals surface area contributed by atoms with Gasteiger partial charge in [0.15, 0.2) is 0 Å². The van der Waals surface area contributed by atoms with E-state index in [2.05, 4.69) is 4.99 Å². The molecule has 24 heavy (non-hydrogen) atoms. The molecule has 2 aliphatic rings. The molecule has 2 aliphatic heterocycles. The van der Waals surface area contributed by atoms with Crippen LogP contribution in [0.5, 0.6) is 0 Å². The maximum Gasteiger partial charge on any atom is 0.358 e. The summed E-state index contributed by atoms with van der Waals surface area (Å²) in [5, 5.41) is 1.38. The molecule has 8 heteroatoms. The second kappa shape index (κ2) is 6.57. The fourth-order valence-corrected chi connectivity index (χ4v) is 3.74. The van der Waals surface area contributed by atoms with Gasteiger partial charge >= 0.3 is 11.2 Å². The number of nitrogens with zero attached hydrogens (tertiary/aromatic N) is 4. The van der Waals surface area contributed by atoms with Crippen molar-refractivity contribution in [3.63, 3.8) is 0 Å². The molecule has 0 bridgehead atoms. The first-order chi connectivity index (χ1) is 11.5. The van der Waals surface area contributed by atoms with Gasteiger partial charge < -0.3 is 0 Å². The molecule has 0 N–H and O–H groups in total. The molecule has 0 saturated carbocycles. The average molecular weight is 366 g/mol. The number of aliphatic imine (C=N–C) groups is 1. The zero-order valence-corrected chi connectivity index (χ0v) is 15.3. The Balaban J connectivity index is 2.03. The summed E-state index contributed by atoms with van der Waals surface area (Å²) in [4.78, 5) is 32.0. The molecule has 126 valence electrons. The predicted octanol–water partition coefficient (Wildman–Crippen LogP) is 2.27. The summed E-state index contributed by atoms with van der Waals surface area (Å²) in [7, 11) is 3.14. The predicted molar refractivity (Wildman–Crippen MR) is 95.7 cm³/mol. The molecule has 3 amide bonds. The number of urea groups is 1. The lowest BCUT2D eigenvalue weighted by Gasteiger charge is -2.30. The topological polar surface area (TPSA) is 56.0 Å². The van der Waals surface area contributed by atoms with Crippen molar-refractivity contribution in [3.8, 4) is 0 Å². The number of rotatable bonds is 3. The highest BCUT2D eigenvalue weighted by atomic mass is 35.5. The monoisotopic (exact) mass is 365 g/mol. The fourth-order valence-electron chi connectivity index (χ4n) is 2.79. The third kappa shape index (κ3) is 2.71. The molecule has 1 saturated heterocycles. The van der Waals surface area contributed by atoms with Gasteiger partial charge in [-0.3, -0.25) is 14.6 Å². The van der Waals surface area contributed by atoms with Crippen LogP contribution in [0.3, 0.4) is 0 Å². The molecule has 6 nitrogen and oxygen atoms in total. The maximum absolute atomic E-state index is 12.7. The summed E-state index contributed by atoms with van der Waals surface area (Å²) in [6.45, 7) is 2.48. The minimum Gasteiger partial charge on any atom is -0.269 e. The average Bonchev–Trinajstić information content (AvgIpc) is 2.92. The van der Waals surface area contributed by atoms with E-state index in [0.717, 1.165) is 21.4 Å². The van der Waals surface area contributed by atoms with E-state index in [9.17, 15) is 9.59 Å². The third-order valence-corrected chi connectivity index (χ3v) is 5.31. The highest BCUT2D eigenvalue weighted by Gasteiger charge is 2.53. The van der Waals surface area contributed by atoms with Crippen molar-refractivity contribution in [2.45, 2.75) is 19.5 Å². The van der Waals surface area contributed by atoms with Gasteiger partial charge in [0.2, 0.25) is 0 Å². The Morgan fingerprint density at radius 3 is 2.62 bits per heavy atom. The highest BCUT2D eigenvalue weighted by molar-refractivity contribution is 8.13. The fraction of sp³-hybridized carbons (Fsp3) is 0.375. The number of thioether (sulfide) groups is 1. The Morgan fingerprint density at radius 1 is 1.25 bits per heavy atom. The van der Waals surface area contributed by atoms with Crippen LogP contribution in [0.25, 0.3) is 0 Å². The summed E-state index contributed by atoms with van der Waals surface area (Å²) in [5.74, 6) is 1.03. The van der Waals surface area contributed by atoms with Crippen molar-refractivity contribution in [1.82, 2.24) is 9.80 Å². The first kappa shape index (κ1) is 17.0. The van der Waals surface area contributed by atoms with Gasteiger partial charge in [-0.25, -0.2) is 9.37 Å². The molecule has 3 rings (SSSR count). The van der Waals surface area contributed by atoms with Crippen LogP contribution in [0.1, 0.15) is 12.5 Å². The van der Waals surface area contributed by atoms with Crippen LogP contribution >= 0.6 is 23.4 Å². The number of hydrogen-bond donors (Lipinski definition) is 0. The zero-order valence-electron chi connectivity index (χ0n) is 13.7. The minimum absolute atomic E-state index is 0.268. The molecule has 0 aromatic heterocycles. The summed E-state index contributed by atoms with van der Waals surface area (Å²) in [6, 6.07) is 6.58. The van der Waals surface area contributed by atoms with Crippen LogP contribution in [0, 0.1) is 0 Å². The number of amides is 3. The number of imide groups is 1. The van der Waals surface area contributed by atoms with Crippen LogP contribution in [0.15, 0.2) is 29.3 Å². The number of hydrogen-bond acceptors (Lipinski definition) is 4. The van der Waals surface area contributed by atoms with Crippen molar-refractivity contribution in [3.05, 3.63) is 34.9 Å². The van der Waals surface area contributed by atoms with Crippen LogP contribution in [-0.2, 0) is 11.3 Å². The molecule has 1 atom stereocenters. The van der Waals surface area contributed by atoms with E-state index in [1.54, 1.807) is 18.8 Å². The van der Waals surface area contributed by atoms with Gasteiger partial charge in [-0.1, -0.05) is 36.7 Å². The first-order valence-corrected chi connectivity index (χ1v) is 8.95. The lowest BCUT2D eigenvalue weighted by Crippen LogP contribution is -2.61. The van der Waals surface area contributed by atoms with Crippen molar-refractivity contribution >= 4 is 46.3 Å². The molecule has 1 fully saturated rings. The molecule has 1 aromatic carbocycles. The van der Waals surface area contributed by atoms with E-state index < -0.39 is 6.04 Å². The van der Waals surface area contributed by atoms with E-state index in [4.69, 9.17) is 11.6 Å². The quantitative estimate of drug-likeness (QED) is 0.772. The zero-order chi connectivity index (χ0) is 17.4. The van der Waals surface area contributed by atoms with E-state index >= 15 is 0 Å². The van der Waals surface area contributed by atoms with E-state index in [1.165, 1.54) is 11.9 Å². The van der Waals surface area contributed by atoms with E-state index in [1.807, 2.05) is 35.8 Å². The van der Waals surface area contributed by atoms with E-state index in [-0.39, 0.29) is 11.9 Å². The van der Waals surface area contributed by atoms with Crippen molar-refractivity contribution in [2.75, 3.05) is 19.8 Å². The summed E-state index contributed by atoms with van der Waals surface area (Å²) in [5.41, 5.74) is 0.917. The second-order valence-corrected chi connectivity index (χ2v) is 7.18. The van der Waals surface area contributed by atoms with Crippen molar-refractivity contribution in [1.29, 1.82) is 0 Å². The minimum atomic E-state index is -0.594. The van der Waals surface area contributed by atoms with Gasteiger partial charge in [0.1, 0.15) is 6.54 Å². The Hall–Kier alpha value is -1.86. The van der Waals surface area contributed by atoms with Crippen molar-refractivity contribution in [2.24, 2.45) is 4.99 Å². The van der Waals surface area contributed by atoms with Crippen LogP contribution in [-0.4, -0.2) is 63.2 Å². The largest absolute Gasteiger partial charge is 0.358 e. The van der Waals surface area contributed by atoms with E-state index in [0.29, 0.717) is 17.4 Å². The number of fused-ring (bicyclic) bond motifs is 1. The van der Waals surface area contributed by atoms with Gasteiger partial charge in [0.25, 0.3) is 17.8 Å². The van der Waals surface area contributed by atoms with Gasteiger partial charge in [0.05, 0.1) is 0 Å². The summed E-state index contributed by atoms with van der Waals surface area (Å²) < 4.78 is 1.92. The Kier molecular flexibility index (Phi) is 4.64. The first-order valence-electron chi connectivity index (χ1n) is 7.59. The smallest absolute Gasteiger partial charge is 0.269 e. The second-order valence-electron chi connectivity index (χ2n) is 5.55. The molecule has 2 heterocycles. The molecule has 0 spiro atoms. The van der Waals surface area contributed by atoms with Crippen LogP contribution in [0.2, 0.25) is 5.02 Å². The third-order valence-electron chi connectivity index (χ3n) is 4.07. The number of likely N-dealkylation sites (N-methyl/N-ethyl adjacent to an activating group) is 2. The molecular weight excluding hydrogens is 348 g/mol.